The molecule has 1 fully saturated rings. The standard InChI is InChI=1S/C17H17IO/c18-14-8-4-7-13(11-14)17(19)16-10-2-1-9-15(16)12-5-3-6-12/h1-2,4,7-12,17,19H,3,5-6H2. The molecule has 1 saturated carbocycles. The summed E-state index contributed by atoms with van der Waals surface area (Å²) in [7, 11) is 0. The third-order valence-electron chi connectivity index (χ3n) is 4.00. The Bertz CT molecular complexity index is 575. The van der Waals surface area contributed by atoms with Crippen LogP contribution in [0.3, 0.4) is 0 Å². The molecule has 1 unspecified atom stereocenters. The molecule has 0 aromatic heterocycles. The van der Waals surface area contributed by atoms with Crippen molar-refractivity contribution in [1.82, 2.24) is 0 Å². The molecular weight excluding hydrogens is 347 g/mol. The Morgan fingerprint density at radius 1 is 1.05 bits per heavy atom. The molecule has 1 nitrogen and oxygen atoms in total. The molecule has 1 atom stereocenters. The fourth-order valence-electron chi connectivity index (χ4n) is 2.71. The molecule has 1 aliphatic carbocycles. The van der Waals surface area contributed by atoms with Gasteiger partial charge in [-0.15, -0.1) is 0 Å². The van der Waals surface area contributed by atoms with E-state index in [1.54, 1.807) is 0 Å². The molecule has 2 aromatic carbocycles. The van der Waals surface area contributed by atoms with Gasteiger partial charge in [-0.25, -0.2) is 0 Å². The summed E-state index contributed by atoms with van der Waals surface area (Å²) in [6, 6.07) is 16.5. The predicted octanol–water partition coefficient (Wildman–Crippen LogP) is 4.64. The number of hydrogen-bond donors (Lipinski definition) is 1. The van der Waals surface area contributed by atoms with Crippen molar-refractivity contribution in [1.29, 1.82) is 0 Å². The molecule has 2 aromatic rings. The van der Waals surface area contributed by atoms with Crippen molar-refractivity contribution in [2.45, 2.75) is 31.3 Å². The van der Waals surface area contributed by atoms with E-state index in [0.717, 1.165) is 14.7 Å². The van der Waals surface area contributed by atoms with Gasteiger partial charge in [-0.2, -0.15) is 0 Å². The Morgan fingerprint density at radius 2 is 1.84 bits per heavy atom. The van der Waals surface area contributed by atoms with Gasteiger partial charge in [0, 0.05) is 3.57 Å². The third kappa shape index (κ3) is 2.70. The smallest absolute Gasteiger partial charge is 0.104 e. The van der Waals surface area contributed by atoms with E-state index < -0.39 is 6.10 Å². The van der Waals surface area contributed by atoms with Crippen molar-refractivity contribution in [2.24, 2.45) is 0 Å². The second-order valence-electron chi connectivity index (χ2n) is 5.21. The molecule has 0 heterocycles. The zero-order valence-electron chi connectivity index (χ0n) is 10.7. The summed E-state index contributed by atoms with van der Waals surface area (Å²) in [5.41, 5.74) is 3.40. The van der Waals surface area contributed by atoms with Crippen LogP contribution in [0.2, 0.25) is 0 Å². The highest BCUT2D eigenvalue weighted by atomic mass is 127. The Hall–Kier alpha value is -0.870. The first-order valence-corrected chi connectivity index (χ1v) is 7.86. The number of aliphatic hydroxyl groups excluding tert-OH is 1. The zero-order chi connectivity index (χ0) is 13.2. The van der Waals surface area contributed by atoms with E-state index in [1.807, 2.05) is 18.2 Å². The third-order valence-corrected chi connectivity index (χ3v) is 4.67. The summed E-state index contributed by atoms with van der Waals surface area (Å²) in [6.45, 7) is 0. The van der Waals surface area contributed by atoms with Crippen molar-refractivity contribution >= 4 is 22.6 Å². The monoisotopic (exact) mass is 364 g/mol. The Balaban J connectivity index is 1.97. The lowest BCUT2D eigenvalue weighted by molar-refractivity contribution is 0.217. The number of hydrogen-bond acceptors (Lipinski definition) is 1. The van der Waals surface area contributed by atoms with Crippen LogP contribution in [0.4, 0.5) is 0 Å². The lowest BCUT2D eigenvalue weighted by Crippen LogP contribution is -2.13. The van der Waals surface area contributed by atoms with Gasteiger partial charge in [-0.05, 0) is 70.2 Å². The van der Waals surface area contributed by atoms with Crippen LogP contribution in [0.25, 0.3) is 0 Å². The summed E-state index contributed by atoms with van der Waals surface area (Å²) in [5, 5.41) is 10.7. The lowest BCUT2D eigenvalue weighted by atomic mass is 9.77. The first-order valence-electron chi connectivity index (χ1n) is 6.78. The van der Waals surface area contributed by atoms with Gasteiger partial charge in [0.15, 0.2) is 0 Å². The Morgan fingerprint density at radius 3 is 2.53 bits per heavy atom. The van der Waals surface area contributed by atoms with Gasteiger partial charge in [0.05, 0.1) is 0 Å². The fraction of sp³-hybridized carbons (Fsp3) is 0.294. The van der Waals surface area contributed by atoms with Gasteiger partial charge < -0.3 is 5.11 Å². The summed E-state index contributed by atoms with van der Waals surface area (Å²) in [4.78, 5) is 0. The van der Waals surface area contributed by atoms with Crippen LogP contribution in [0, 0.1) is 3.57 Å². The van der Waals surface area contributed by atoms with Gasteiger partial charge in [-0.1, -0.05) is 42.8 Å². The van der Waals surface area contributed by atoms with Crippen molar-refractivity contribution < 1.29 is 5.11 Å². The normalized spacial score (nSPS) is 16.9. The minimum absolute atomic E-state index is 0.508. The Labute approximate surface area is 127 Å². The maximum Gasteiger partial charge on any atom is 0.104 e. The number of benzene rings is 2. The van der Waals surface area contributed by atoms with Crippen LogP contribution < -0.4 is 0 Å². The van der Waals surface area contributed by atoms with Crippen molar-refractivity contribution in [3.63, 3.8) is 0 Å². The summed E-state index contributed by atoms with van der Waals surface area (Å²) in [6.07, 6.45) is 3.33. The molecule has 3 rings (SSSR count). The van der Waals surface area contributed by atoms with Gasteiger partial charge in [0.2, 0.25) is 0 Å². The van der Waals surface area contributed by atoms with Crippen molar-refractivity contribution in [2.75, 3.05) is 0 Å². The highest BCUT2D eigenvalue weighted by Crippen LogP contribution is 2.40. The number of rotatable bonds is 3. The van der Waals surface area contributed by atoms with Crippen LogP contribution in [-0.2, 0) is 0 Å². The molecule has 1 N–H and O–H groups in total. The first kappa shape index (κ1) is 13.1. The highest BCUT2D eigenvalue weighted by molar-refractivity contribution is 14.1. The molecule has 0 spiro atoms. The van der Waals surface area contributed by atoms with Gasteiger partial charge in [0.25, 0.3) is 0 Å². The van der Waals surface area contributed by atoms with Crippen LogP contribution >= 0.6 is 22.6 Å². The van der Waals surface area contributed by atoms with E-state index in [2.05, 4.69) is 52.9 Å². The molecule has 0 aliphatic heterocycles. The SMILES string of the molecule is OC(c1cccc(I)c1)c1ccccc1C1CCC1. The van der Waals surface area contributed by atoms with Gasteiger partial charge in [0.1, 0.15) is 6.10 Å². The molecule has 0 saturated heterocycles. The topological polar surface area (TPSA) is 20.2 Å². The van der Waals surface area contributed by atoms with Gasteiger partial charge in [-0.3, -0.25) is 0 Å². The van der Waals surface area contributed by atoms with E-state index in [9.17, 15) is 5.11 Å². The molecule has 0 radical (unpaired) electrons. The number of aliphatic hydroxyl groups is 1. The average molecular weight is 364 g/mol. The van der Waals surface area contributed by atoms with Crippen LogP contribution in [0.15, 0.2) is 48.5 Å². The second kappa shape index (κ2) is 5.63. The van der Waals surface area contributed by atoms with E-state index in [0.29, 0.717) is 5.92 Å². The maximum absolute atomic E-state index is 10.7. The van der Waals surface area contributed by atoms with Crippen molar-refractivity contribution in [3.05, 3.63) is 68.8 Å². The zero-order valence-corrected chi connectivity index (χ0v) is 12.9. The molecular formula is C17H17IO. The summed E-state index contributed by atoms with van der Waals surface area (Å²) >= 11 is 2.29. The van der Waals surface area contributed by atoms with E-state index in [1.165, 1.54) is 24.8 Å². The molecule has 98 valence electrons. The van der Waals surface area contributed by atoms with Crippen LogP contribution in [-0.4, -0.2) is 5.11 Å². The maximum atomic E-state index is 10.7. The molecule has 2 heteroatoms. The predicted molar refractivity (Wildman–Crippen MR) is 86.3 cm³/mol. The van der Waals surface area contributed by atoms with Crippen molar-refractivity contribution in [3.8, 4) is 0 Å². The minimum Gasteiger partial charge on any atom is -0.384 e. The van der Waals surface area contributed by atoms with Crippen LogP contribution in [0.5, 0.6) is 0 Å². The first-order chi connectivity index (χ1) is 9.25. The average Bonchev–Trinajstić information content (AvgIpc) is 2.37. The van der Waals surface area contributed by atoms with Gasteiger partial charge >= 0.3 is 0 Å². The highest BCUT2D eigenvalue weighted by Gasteiger charge is 2.24. The summed E-state index contributed by atoms with van der Waals surface area (Å²) < 4.78 is 1.16. The second-order valence-corrected chi connectivity index (χ2v) is 6.46. The van der Waals surface area contributed by atoms with Crippen LogP contribution in [0.1, 0.15) is 48.0 Å². The molecule has 0 bridgehead atoms. The Kier molecular flexibility index (Phi) is 3.89. The van der Waals surface area contributed by atoms with E-state index >= 15 is 0 Å². The van der Waals surface area contributed by atoms with E-state index in [-0.39, 0.29) is 0 Å². The summed E-state index contributed by atoms with van der Waals surface area (Å²) in [5.74, 6) is 0.647. The largest absolute Gasteiger partial charge is 0.384 e. The molecule has 1 aliphatic rings. The van der Waals surface area contributed by atoms with E-state index in [4.69, 9.17) is 0 Å². The number of halogens is 1. The lowest BCUT2D eigenvalue weighted by Gasteiger charge is -2.29. The molecule has 19 heavy (non-hydrogen) atoms. The fourth-order valence-corrected chi connectivity index (χ4v) is 3.27. The quantitative estimate of drug-likeness (QED) is 0.787. The minimum atomic E-state index is -0.508. The molecule has 0 amide bonds.